The lowest BCUT2D eigenvalue weighted by atomic mass is 9.86. The number of hydrogen-bond acceptors (Lipinski definition) is 3. The summed E-state index contributed by atoms with van der Waals surface area (Å²) in [5, 5.41) is 7.36. The van der Waals surface area contributed by atoms with Crippen LogP contribution in [0.4, 0.5) is 0 Å². The molecule has 5 heteroatoms. The molecule has 230 valence electrons. The Labute approximate surface area is 271 Å². The minimum Gasteiger partial charge on any atom is -0.457 e. The Kier molecular flexibility index (Phi) is 7.28. The molecule has 0 saturated heterocycles. The van der Waals surface area contributed by atoms with Crippen molar-refractivity contribution in [3.63, 3.8) is 0 Å². The molecule has 0 atom stereocenters. The average molecular weight is 605 g/mol. The molecule has 3 aromatic heterocycles. The first-order valence-electron chi connectivity index (χ1n) is 16.1. The van der Waals surface area contributed by atoms with E-state index in [1.54, 1.807) is 0 Å². The van der Waals surface area contributed by atoms with E-state index in [0.29, 0.717) is 0 Å². The van der Waals surface area contributed by atoms with Gasteiger partial charge in [-0.1, -0.05) is 64.1 Å². The second-order valence-corrected chi connectivity index (χ2v) is 13.3. The molecule has 46 heavy (non-hydrogen) atoms. The summed E-state index contributed by atoms with van der Waals surface area (Å²) >= 11 is 0. The smallest absolute Gasteiger partial charge is 0.137 e. The molecule has 0 fully saturated rings. The number of hydrogen-bond donors (Lipinski definition) is 0. The van der Waals surface area contributed by atoms with Gasteiger partial charge in [-0.2, -0.15) is 5.10 Å². The minimum atomic E-state index is 0.0442. The zero-order chi connectivity index (χ0) is 32.2. The molecular weight excluding hydrogens is 564 g/mol. The van der Waals surface area contributed by atoms with Crippen molar-refractivity contribution in [1.29, 1.82) is 0 Å². The molecule has 0 amide bonds. The van der Waals surface area contributed by atoms with Crippen molar-refractivity contribution in [2.75, 3.05) is 0 Å². The lowest BCUT2D eigenvalue weighted by Crippen LogP contribution is -2.10. The molecule has 4 aromatic carbocycles. The summed E-state index contributed by atoms with van der Waals surface area (Å²) in [5.74, 6) is 2.46. The SMILES string of the molecule is CCc1cc(Oc2ccc3c4cc(C(C)(C)C)ccc4n(-c4cc(C)ccn4)c3c2)cc(-n2nc(C)c(-c3ccccc3)c2C)c1. The van der Waals surface area contributed by atoms with Crippen LogP contribution in [0.3, 0.4) is 0 Å². The molecule has 0 aliphatic heterocycles. The van der Waals surface area contributed by atoms with Crippen molar-refractivity contribution in [2.45, 2.75) is 60.3 Å². The fourth-order valence-electron chi connectivity index (χ4n) is 6.50. The third kappa shape index (κ3) is 5.26. The molecule has 0 saturated carbocycles. The van der Waals surface area contributed by atoms with Gasteiger partial charge in [0.25, 0.3) is 0 Å². The van der Waals surface area contributed by atoms with Crippen molar-refractivity contribution in [3.8, 4) is 34.1 Å². The molecule has 0 aliphatic carbocycles. The van der Waals surface area contributed by atoms with E-state index in [4.69, 9.17) is 14.8 Å². The van der Waals surface area contributed by atoms with Gasteiger partial charge in [0.05, 0.1) is 22.4 Å². The summed E-state index contributed by atoms with van der Waals surface area (Å²) in [6.45, 7) is 15.3. The zero-order valence-electron chi connectivity index (χ0n) is 27.7. The van der Waals surface area contributed by atoms with Crippen LogP contribution in [0.5, 0.6) is 11.5 Å². The summed E-state index contributed by atoms with van der Waals surface area (Å²) < 4.78 is 11.0. The van der Waals surface area contributed by atoms with Crippen LogP contribution in [0.15, 0.2) is 103 Å². The van der Waals surface area contributed by atoms with E-state index < -0.39 is 0 Å². The lowest BCUT2D eigenvalue weighted by Gasteiger charge is -2.19. The van der Waals surface area contributed by atoms with Crippen molar-refractivity contribution in [1.82, 2.24) is 19.3 Å². The predicted molar refractivity (Wildman–Crippen MR) is 190 cm³/mol. The third-order valence-corrected chi connectivity index (χ3v) is 8.93. The summed E-state index contributed by atoms with van der Waals surface area (Å²) in [4.78, 5) is 4.79. The normalized spacial score (nSPS) is 11.9. The second-order valence-electron chi connectivity index (χ2n) is 13.3. The fraction of sp³-hybridized carbons (Fsp3) is 0.220. The Bertz CT molecular complexity index is 2230. The van der Waals surface area contributed by atoms with Gasteiger partial charge in [-0.15, -0.1) is 0 Å². The van der Waals surface area contributed by atoms with E-state index in [-0.39, 0.29) is 5.41 Å². The Morgan fingerprint density at radius 3 is 2.28 bits per heavy atom. The molecule has 0 bridgehead atoms. The zero-order valence-corrected chi connectivity index (χ0v) is 27.7. The molecule has 3 heterocycles. The Morgan fingerprint density at radius 1 is 0.739 bits per heavy atom. The standard InChI is InChI=1S/C41H40N4O/c1-8-29-21-32(45-28(4)40(27(3)43-45)30-12-10-9-11-13-30)24-34(22-29)46-33-15-16-35-36-23-31(41(5,6)7)14-17-37(36)44(38(35)25-33)39-20-26(2)18-19-42-39/h9-25H,8H2,1-7H3. The molecule has 7 aromatic rings. The highest BCUT2D eigenvalue weighted by molar-refractivity contribution is 6.09. The van der Waals surface area contributed by atoms with Crippen molar-refractivity contribution in [2.24, 2.45) is 0 Å². The van der Waals surface area contributed by atoms with Gasteiger partial charge in [0, 0.05) is 40.4 Å². The van der Waals surface area contributed by atoms with Crippen LogP contribution in [-0.2, 0) is 11.8 Å². The van der Waals surface area contributed by atoms with Crippen LogP contribution in [0.2, 0.25) is 0 Å². The second kappa shape index (κ2) is 11.3. The van der Waals surface area contributed by atoms with E-state index in [2.05, 4.69) is 138 Å². The molecule has 0 aliphatic rings. The van der Waals surface area contributed by atoms with Crippen LogP contribution in [-0.4, -0.2) is 19.3 Å². The molecule has 0 radical (unpaired) electrons. The molecule has 0 spiro atoms. The van der Waals surface area contributed by atoms with Crippen molar-refractivity contribution in [3.05, 3.63) is 131 Å². The first-order chi connectivity index (χ1) is 22.1. The Balaban J connectivity index is 1.34. The van der Waals surface area contributed by atoms with Crippen LogP contribution >= 0.6 is 0 Å². The summed E-state index contributed by atoms with van der Waals surface area (Å²) in [7, 11) is 0. The van der Waals surface area contributed by atoms with Gasteiger partial charge in [-0.05, 0) is 103 Å². The van der Waals surface area contributed by atoms with Gasteiger partial charge in [0.2, 0.25) is 0 Å². The number of ether oxygens (including phenoxy) is 1. The topological polar surface area (TPSA) is 44.9 Å². The molecule has 7 rings (SSSR count). The van der Waals surface area contributed by atoms with Crippen LogP contribution < -0.4 is 4.74 Å². The van der Waals surface area contributed by atoms with E-state index in [1.165, 1.54) is 38.6 Å². The Morgan fingerprint density at radius 2 is 1.54 bits per heavy atom. The number of aryl methyl sites for hydroxylation is 3. The highest BCUT2D eigenvalue weighted by atomic mass is 16.5. The fourth-order valence-corrected chi connectivity index (χ4v) is 6.50. The predicted octanol–water partition coefficient (Wildman–Crippen LogP) is 10.6. The molecular formula is C41H40N4O. The van der Waals surface area contributed by atoms with Crippen LogP contribution in [0.25, 0.3) is 44.4 Å². The highest BCUT2D eigenvalue weighted by Gasteiger charge is 2.20. The minimum absolute atomic E-state index is 0.0442. The van der Waals surface area contributed by atoms with Gasteiger partial charge in [0.15, 0.2) is 0 Å². The number of benzene rings is 4. The average Bonchev–Trinajstić information content (AvgIpc) is 3.53. The van der Waals surface area contributed by atoms with Gasteiger partial charge in [-0.25, -0.2) is 9.67 Å². The quantitative estimate of drug-likeness (QED) is 0.190. The van der Waals surface area contributed by atoms with Gasteiger partial charge in [-0.3, -0.25) is 4.57 Å². The Hall–Kier alpha value is -5.16. The van der Waals surface area contributed by atoms with E-state index >= 15 is 0 Å². The number of nitrogens with zero attached hydrogens (tertiary/aromatic N) is 4. The van der Waals surface area contributed by atoms with Gasteiger partial charge >= 0.3 is 0 Å². The number of rotatable bonds is 6. The monoisotopic (exact) mass is 604 g/mol. The summed E-state index contributed by atoms with van der Waals surface area (Å²) in [5.41, 5.74) is 11.4. The maximum absolute atomic E-state index is 6.67. The highest BCUT2D eigenvalue weighted by Crippen LogP contribution is 2.38. The van der Waals surface area contributed by atoms with E-state index in [0.717, 1.165) is 51.8 Å². The lowest BCUT2D eigenvalue weighted by molar-refractivity contribution is 0.482. The number of fused-ring (bicyclic) bond motifs is 3. The van der Waals surface area contributed by atoms with E-state index in [9.17, 15) is 0 Å². The third-order valence-electron chi connectivity index (χ3n) is 8.93. The maximum Gasteiger partial charge on any atom is 0.137 e. The van der Waals surface area contributed by atoms with Crippen LogP contribution in [0, 0.1) is 20.8 Å². The first-order valence-corrected chi connectivity index (χ1v) is 16.1. The molecule has 5 nitrogen and oxygen atoms in total. The summed E-state index contributed by atoms with van der Waals surface area (Å²) in [6.07, 6.45) is 2.77. The molecule has 0 N–H and O–H groups in total. The molecule has 0 unspecified atom stereocenters. The number of aromatic nitrogens is 4. The number of pyridine rings is 1. The largest absolute Gasteiger partial charge is 0.457 e. The van der Waals surface area contributed by atoms with Crippen molar-refractivity contribution >= 4 is 21.8 Å². The van der Waals surface area contributed by atoms with Gasteiger partial charge in [0.1, 0.15) is 17.3 Å². The maximum atomic E-state index is 6.67. The van der Waals surface area contributed by atoms with Crippen LogP contribution in [0.1, 0.15) is 55.8 Å². The summed E-state index contributed by atoms with van der Waals surface area (Å²) in [6, 6.07) is 34.3. The first kappa shape index (κ1) is 29.5. The van der Waals surface area contributed by atoms with Gasteiger partial charge < -0.3 is 4.74 Å². The van der Waals surface area contributed by atoms with E-state index in [1.807, 2.05) is 23.0 Å². The van der Waals surface area contributed by atoms with Crippen molar-refractivity contribution < 1.29 is 4.74 Å².